The lowest BCUT2D eigenvalue weighted by Gasteiger charge is -2.10. The molecule has 0 fully saturated rings. The molecule has 7 heteroatoms. The number of rotatable bonds is 6. The van der Waals surface area contributed by atoms with E-state index in [1.165, 1.54) is 12.1 Å². The second kappa shape index (κ2) is 9.61. The Balaban J connectivity index is 1.49. The molecule has 0 aliphatic rings. The van der Waals surface area contributed by atoms with Gasteiger partial charge in [-0.2, -0.15) is 0 Å². The van der Waals surface area contributed by atoms with Crippen molar-refractivity contribution in [2.45, 2.75) is 19.8 Å². The Morgan fingerprint density at radius 1 is 0.971 bits per heavy atom. The lowest BCUT2D eigenvalue weighted by atomic mass is 9.98. The van der Waals surface area contributed by atoms with E-state index in [9.17, 15) is 9.18 Å². The lowest BCUT2D eigenvalue weighted by molar-refractivity contribution is 0.0982. The first-order chi connectivity index (χ1) is 16.9. The number of hydrogen-bond acceptors (Lipinski definition) is 3. The summed E-state index contributed by atoms with van der Waals surface area (Å²) in [7, 11) is 0. The van der Waals surface area contributed by atoms with Crippen LogP contribution >= 0.6 is 23.2 Å². The zero-order valence-electron chi connectivity index (χ0n) is 18.8. The molecule has 5 rings (SSSR count). The summed E-state index contributed by atoms with van der Waals surface area (Å²) >= 11 is 12.7. The van der Waals surface area contributed by atoms with Gasteiger partial charge in [0.05, 0.1) is 21.8 Å². The summed E-state index contributed by atoms with van der Waals surface area (Å²) < 4.78 is 15.1. The van der Waals surface area contributed by atoms with Crippen LogP contribution in [0.3, 0.4) is 0 Å². The molecule has 174 valence electrons. The number of pyridine rings is 2. The van der Waals surface area contributed by atoms with Gasteiger partial charge < -0.3 is 0 Å². The first-order valence-corrected chi connectivity index (χ1v) is 11.8. The van der Waals surface area contributed by atoms with Crippen molar-refractivity contribution in [3.63, 3.8) is 0 Å². The Labute approximate surface area is 212 Å². The highest BCUT2D eigenvalue weighted by Crippen LogP contribution is 2.35. The molecule has 0 N–H and O–H groups in total. The summed E-state index contributed by atoms with van der Waals surface area (Å²) in [5.41, 5.74) is 5.45. The monoisotopic (exact) mass is 503 g/mol. The number of nitrogens with zero attached hydrogens (tertiary/aromatic N) is 3. The molecule has 3 heterocycles. The van der Waals surface area contributed by atoms with Crippen LogP contribution in [-0.2, 0) is 6.42 Å². The van der Waals surface area contributed by atoms with Gasteiger partial charge in [-0.25, -0.2) is 9.37 Å². The third kappa shape index (κ3) is 4.57. The van der Waals surface area contributed by atoms with Crippen molar-refractivity contribution < 1.29 is 9.18 Å². The molecular weight excluding hydrogens is 484 g/mol. The van der Waals surface area contributed by atoms with Gasteiger partial charge in [0.15, 0.2) is 5.78 Å². The number of halogens is 3. The molecule has 0 radical (unpaired) electrons. The number of carbonyl (C=O) groups is 1. The van der Waals surface area contributed by atoms with Gasteiger partial charge in [-0.3, -0.25) is 14.2 Å². The number of hydrogen-bond donors (Lipinski definition) is 0. The Morgan fingerprint density at radius 2 is 1.74 bits per heavy atom. The van der Waals surface area contributed by atoms with Gasteiger partial charge in [0, 0.05) is 46.8 Å². The van der Waals surface area contributed by atoms with Crippen LogP contribution in [-0.4, -0.2) is 20.2 Å². The average Bonchev–Trinajstić information content (AvgIpc) is 3.30. The Morgan fingerprint density at radius 3 is 2.54 bits per heavy atom. The summed E-state index contributed by atoms with van der Waals surface area (Å²) in [6.07, 6.45) is 6.30. The largest absolute Gasteiger partial charge is 0.299 e. The van der Waals surface area contributed by atoms with Crippen LogP contribution in [0.4, 0.5) is 4.39 Å². The number of Topliss-reactive ketones (excluding diaryl/α,β-unsaturated/α-hetero) is 1. The molecule has 35 heavy (non-hydrogen) atoms. The van der Waals surface area contributed by atoms with Crippen molar-refractivity contribution in [3.8, 4) is 22.5 Å². The van der Waals surface area contributed by atoms with E-state index in [1.807, 2.05) is 47.9 Å². The maximum absolute atomic E-state index is 13.2. The predicted molar refractivity (Wildman–Crippen MR) is 138 cm³/mol. The molecular formula is C28H20Cl2FN3O. The standard InChI is InChI=1S/C28H20Cl2FN3O/c1-17-23(26(35)12-9-18-7-10-20(31)11-8-18)14-19(15-32-17)21-5-3-13-34-25(21)16-33-28(34)22-4-2-6-24(29)27(22)30/h2-8,10-11,13-16H,9,12H2,1H3. The van der Waals surface area contributed by atoms with E-state index in [2.05, 4.69) is 9.97 Å². The molecule has 0 amide bonds. The number of aryl methyl sites for hydroxylation is 2. The number of ketones is 1. The fraction of sp³-hybridized carbons (Fsp3) is 0.107. The summed E-state index contributed by atoms with van der Waals surface area (Å²) in [6.45, 7) is 1.83. The molecule has 0 aliphatic carbocycles. The van der Waals surface area contributed by atoms with Crippen molar-refractivity contribution >= 4 is 34.5 Å². The molecule has 0 unspecified atom stereocenters. The lowest BCUT2D eigenvalue weighted by Crippen LogP contribution is -2.05. The Kier molecular flexibility index (Phi) is 6.37. The molecule has 0 saturated heterocycles. The fourth-order valence-electron chi connectivity index (χ4n) is 4.15. The van der Waals surface area contributed by atoms with Gasteiger partial charge in [-0.05, 0) is 55.3 Å². The van der Waals surface area contributed by atoms with Crippen molar-refractivity contribution in [1.82, 2.24) is 14.4 Å². The average molecular weight is 504 g/mol. The number of benzene rings is 2. The molecule has 5 aromatic rings. The van der Waals surface area contributed by atoms with Gasteiger partial charge >= 0.3 is 0 Å². The van der Waals surface area contributed by atoms with Gasteiger partial charge in [0.25, 0.3) is 0 Å². The predicted octanol–water partition coefficient (Wildman–Crippen LogP) is 7.63. The van der Waals surface area contributed by atoms with Crippen molar-refractivity contribution in [3.05, 3.63) is 112 Å². The minimum Gasteiger partial charge on any atom is -0.299 e. The van der Waals surface area contributed by atoms with Crippen LogP contribution in [0.25, 0.3) is 28.0 Å². The van der Waals surface area contributed by atoms with Crippen molar-refractivity contribution in [1.29, 1.82) is 0 Å². The smallest absolute Gasteiger partial charge is 0.165 e. The first kappa shape index (κ1) is 23.2. The summed E-state index contributed by atoms with van der Waals surface area (Å²) in [5.74, 6) is 0.376. The first-order valence-electron chi connectivity index (χ1n) is 11.1. The third-order valence-electron chi connectivity index (χ3n) is 6.02. The topological polar surface area (TPSA) is 47.3 Å². The zero-order valence-corrected chi connectivity index (χ0v) is 20.3. The van der Waals surface area contributed by atoms with E-state index < -0.39 is 0 Å². The fourth-order valence-corrected chi connectivity index (χ4v) is 4.53. The zero-order chi connectivity index (χ0) is 24.5. The number of aromatic nitrogens is 3. The van der Waals surface area contributed by atoms with E-state index in [0.29, 0.717) is 40.0 Å². The quantitative estimate of drug-likeness (QED) is 0.223. The van der Waals surface area contributed by atoms with Crippen LogP contribution in [0.2, 0.25) is 10.0 Å². The van der Waals surface area contributed by atoms with E-state index in [-0.39, 0.29) is 11.6 Å². The normalized spacial score (nSPS) is 11.2. The van der Waals surface area contributed by atoms with Crippen LogP contribution in [0.1, 0.15) is 28.0 Å². The third-order valence-corrected chi connectivity index (χ3v) is 6.83. The molecule has 3 aromatic heterocycles. The molecule has 0 spiro atoms. The van der Waals surface area contributed by atoms with Gasteiger partial charge in [-0.1, -0.05) is 47.5 Å². The van der Waals surface area contributed by atoms with Crippen LogP contribution in [0, 0.1) is 12.7 Å². The molecule has 2 aromatic carbocycles. The second-order valence-corrected chi connectivity index (χ2v) is 9.05. The van der Waals surface area contributed by atoms with Gasteiger partial charge in [0.2, 0.25) is 0 Å². The minimum absolute atomic E-state index is 0.00645. The highest BCUT2D eigenvalue weighted by molar-refractivity contribution is 6.43. The van der Waals surface area contributed by atoms with Gasteiger partial charge in [-0.15, -0.1) is 0 Å². The SMILES string of the molecule is Cc1ncc(-c2cccn3c(-c4cccc(Cl)c4Cl)ncc23)cc1C(=O)CCc1ccc(F)cc1. The van der Waals surface area contributed by atoms with Crippen molar-refractivity contribution in [2.24, 2.45) is 0 Å². The summed E-state index contributed by atoms with van der Waals surface area (Å²) in [4.78, 5) is 22.2. The molecule has 0 bridgehead atoms. The highest BCUT2D eigenvalue weighted by atomic mass is 35.5. The van der Waals surface area contributed by atoms with Crippen LogP contribution < -0.4 is 0 Å². The number of carbonyl (C=O) groups excluding carboxylic acids is 1. The van der Waals surface area contributed by atoms with Crippen molar-refractivity contribution in [2.75, 3.05) is 0 Å². The van der Waals surface area contributed by atoms with Crippen LogP contribution in [0.5, 0.6) is 0 Å². The van der Waals surface area contributed by atoms with E-state index in [1.54, 1.807) is 30.6 Å². The minimum atomic E-state index is -0.289. The van der Waals surface area contributed by atoms with Gasteiger partial charge in [0.1, 0.15) is 11.6 Å². The second-order valence-electron chi connectivity index (χ2n) is 8.27. The number of fused-ring (bicyclic) bond motifs is 1. The van der Waals surface area contributed by atoms with E-state index >= 15 is 0 Å². The van der Waals surface area contributed by atoms with E-state index in [4.69, 9.17) is 23.2 Å². The summed E-state index contributed by atoms with van der Waals surface area (Å²) in [6, 6.07) is 17.4. The molecule has 4 nitrogen and oxygen atoms in total. The van der Waals surface area contributed by atoms with E-state index in [0.717, 1.165) is 27.8 Å². The molecule has 0 atom stereocenters. The Hall–Kier alpha value is -3.54. The highest BCUT2D eigenvalue weighted by Gasteiger charge is 2.17. The maximum atomic E-state index is 13.2. The summed E-state index contributed by atoms with van der Waals surface area (Å²) in [5, 5.41) is 0.904. The Bertz CT molecular complexity index is 1560. The maximum Gasteiger partial charge on any atom is 0.165 e. The molecule has 0 aliphatic heterocycles. The molecule has 0 saturated carbocycles. The van der Waals surface area contributed by atoms with Crippen LogP contribution in [0.15, 0.2) is 79.3 Å². The number of imidazole rings is 1.